The number of nitrogens with one attached hydrogen (secondary N) is 1. The Bertz CT molecular complexity index is 828. The summed E-state index contributed by atoms with van der Waals surface area (Å²) in [5, 5.41) is 12.5. The molecule has 3 rings (SSSR count). The Morgan fingerprint density at radius 3 is 2.68 bits per heavy atom. The van der Waals surface area contributed by atoms with Crippen molar-refractivity contribution in [1.29, 1.82) is 0 Å². The lowest BCUT2D eigenvalue weighted by Crippen LogP contribution is -2.34. The van der Waals surface area contributed by atoms with Gasteiger partial charge in [-0.2, -0.15) is 4.31 Å². The minimum absolute atomic E-state index is 0.0313. The molecular formula is C18H24N2O7S. The molecule has 1 atom stereocenters. The minimum Gasteiger partial charge on any atom is -0.507 e. The van der Waals surface area contributed by atoms with Crippen molar-refractivity contribution in [2.24, 2.45) is 0 Å². The summed E-state index contributed by atoms with van der Waals surface area (Å²) in [6, 6.07) is 3.46. The van der Waals surface area contributed by atoms with Gasteiger partial charge in [-0.1, -0.05) is 0 Å². The van der Waals surface area contributed by atoms with Gasteiger partial charge >= 0.3 is 5.97 Å². The van der Waals surface area contributed by atoms with E-state index in [1.54, 1.807) is 0 Å². The van der Waals surface area contributed by atoms with Crippen LogP contribution in [0.4, 0.5) is 0 Å². The molecule has 2 aliphatic heterocycles. The number of aromatic hydroxyl groups is 1. The van der Waals surface area contributed by atoms with Gasteiger partial charge in [0.15, 0.2) is 6.61 Å². The largest absolute Gasteiger partial charge is 0.507 e. The van der Waals surface area contributed by atoms with Crippen molar-refractivity contribution in [2.45, 2.75) is 36.7 Å². The van der Waals surface area contributed by atoms with Crippen LogP contribution in [0.15, 0.2) is 23.1 Å². The van der Waals surface area contributed by atoms with Crippen LogP contribution >= 0.6 is 0 Å². The number of benzene rings is 1. The molecule has 2 heterocycles. The van der Waals surface area contributed by atoms with Crippen molar-refractivity contribution < 1.29 is 32.6 Å². The summed E-state index contributed by atoms with van der Waals surface area (Å²) in [6.45, 7) is 1.33. The Kier molecular flexibility index (Phi) is 6.53. The third-order valence-electron chi connectivity index (χ3n) is 4.78. The Balaban J connectivity index is 1.60. The maximum atomic E-state index is 12.6. The molecule has 2 saturated heterocycles. The lowest BCUT2D eigenvalue weighted by atomic mass is 10.2. The number of carbonyl (C=O) groups excluding carboxylic acids is 2. The molecule has 0 aliphatic carbocycles. The number of nitrogens with zero attached hydrogens (tertiary/aromatic N) is 1. The molecule has 0 aromatic heterocycles. The molecule has 1 unspecified atom stereocenters. The van der Waals surface area contributed by atoms with Gasteiger partial charge in [0, 0.05) is 26.2 Å². The average Bonchev–Trinajstić information content (AvgIpc) is 3.38. The second-order valence-electron chi connectivity index (χ2n) is 6.81. The van der Waals surface area contributed by atoms with E-state index >= 15 is 0 Å². The summed E-state index contributed by atoms with van der Waals surface area (Å²) in [6.07, 6.45) is 3.36. The Labute approximate surface area is 163 Å². The molecule has 2 fully saturated rings. The molecule has 154 valence electrons. The number of amides is 1. The molecule has 10 heteroatoms. The summed E-state index contributed by atoms with van der Waals surface area (Å²) < 4.78 is 36.9. The van der Waals surface area contributed by atoms with E-state index < -0.39 is 34.3 Å². The maximum Gasteiger partial charge on any atom is 0.342 e. The van der Waals surface area contributed by atoms with Crippen LogP contribution in [0.2, 0.25) is 0 Å². The number of rotatable bonds is 7. The number of carbonyl (C=O) groups is 2. The standard InChI is InChI=1S/C18H24N2O7S/c21-16-6-5-14(28(24,25)20-7-1-2-8-20)10-15(16)18(23)27-12-17(22)19-11-13-4-3-9-26-13/h5-6,10,13,21H,1-4,7-9,11-12H2,(H,19,22). The first kappa shape index (κ1) is 20.6. The Hall–Kier alpha value is -2.17. The highest BCUT2D eigenvalue weighted by atomic mass is 32.2. The van der Waals surface area contributed by atoms with Crippen LogP contribution in [-0.4, -0.2) is 68.7 Å². The van der Waals surface area contributed by atoms with Crippen molar-refractivity contribution in [2.75, 3.05) is 32.8 Å². The smallest absolute Gasteiger partial charge is 0.342 e. The first-order valence-corrected chi connectivity index (χ1v) is 10.7. The highest BCUT2D eigenvalue weighted by Crippen LogP contribution is 2.26. The van der Waals surface area contributed by atoms with Gasteiger partial charge in [-0.05, 0) is 43.9 Å². The number of esters is 1. The number of sulfonamides is 1. The van der Waals surface area contributed by atoms with Crippen molar-refractivity contribution in [3.63, 3.8) is 0 Å². The van der Waals surface area contributed by atoms with E-state index in [0.29, 0.717) is 26.2 Å². The molecule has 1 aromatic carbocycles. The first-order valence-electron chi connectivity index (χ1n) is 9.26. The van der Waals surface area contributed by atoms with E-state index in [9.17, 15) is 23.1 Å². The van der Waals surface area contributed by atoms with Crippen molar-refractivity contribution in [3.8, 4) is 5.75 Å². The van der Waals surface area contributed by atoms with E-state index in [1.807, 2.05) is 0 Å². The number of hydrogen-bond acceptors (Lipinski definition) is 7. The van der Waals surface area contributed by atoms with Gasteiger partial charge in [0.1, 0.15) is 11.3 Å². The van der Waals surface area contributed by atoms with Gasteiger partial charge in [0.2, 0.25) is 10.0 Å². The van der Waals surface area contributed by atoms with Crippen LogP contribution in [0.3, 0.4) is 0 Å². The quantitative estimate of drug-likeness (QED) is 0.630. The second kappa shape index (κ2) is 8.89. The van der Waals surface area contributed by atoms with Crippen LogP contribution < -0.4 is 5.32 Å². The molecule has 0 radical (unpaired) electrons. The number of phenols is 1. The number of ether oxygens (including phenoxy) is 2. The van der Waals surface area contributed by atoms with Crippen molar-refractivity contribution in [3.05, 3.63) is 23.8 Å². The van der Waals surface area contributed by atoms with Gasteiger partial charge in [0.25, 0.3) is 5.91 Å². The van der Waals surface area contributed by atoms with Crippen LogP contribution in [-0.2, 0) is 24.3 Å². The molecule has 9 nitrogen and oxygen atoms in total. The predicted octanol–water partition coefficient (Wildman–Crippen LogP) is 0.629. The first-order chi connectivity index (χ1) is 13.4. The molecule has 1 amide bonds. The van der Waals surface area contributed by atoms with Crippen molar-refractivity contribution in [1.82, 2.24) is 9.62 Å². The van der Waals surface area contributed by atoms with Gasteiger partial charge < -0.3 is 19.9 Å². The molecule has 0 saturated carbocycles. The summed E-state index contributed by atoms with van der Waals surface area (Å²) in [7, 11) is -3.74. The van der Waals surface area contributed by atoms with E-state index in [2.05, 4.69) is 5.32 Å². The zero-order valence-electron chi connectivity index (χ0n) is 15.4. The minimum atomic E-state index is -3.74. The molecule has 1 aromatic rings. The third kappa shape index (κ3) is 4.81. The Morgan fingerprint density at radius 2 is 2.00 bits per heavy atom. The number of phenolic OH excluding ortho intramolecular Hbond substituents is 1. The molecule has 0 spiro atoms. The molecule has 28 heavy (non-hydrogen) atoms. The fourth-order valence-corrected chi connectivity index (χ4v) is 4.75. The van der Waals surface area contributed by atoms with E-state index in [0.717, 1.165) is 37.8 Å². The fourth-order valence-electron chi connectivity index (χ4n) is 3.21. The SMILES string of the molecule is O=C(COC(=O)c1cc(S(=O)(=O)N2CCCC2)ccc1O)NCC1CCCO1. The Morgan fingerprint density at radius 1 is 1.25 bits per heavy atom. The van der Waals surface area contributed by atoms with Crippen molar-refractivity contribution >= 4 is 21.9 Å². The predicted molar refractivity (Wildman–Crippen MR) is 98.4 cm³/mol. The average molecular weight is 412 g/mol. The molecule has 0 bridgehead atoms. The van der Waals surface area contributed by atoms with E-state index in [4.69, 9.17) is 9.47 Å². The van der Waals surface area contributed by atoms with Gasteiger partial charge in [-0.15, -0.1) is 0 Å². The lowest BCUT2D eigenvalue weighted by Gasteiger charge is -2.16. The van der Waals surface area contributed by atoms with Gasteiger partial charge in [0.05, 0.1) is 11.0 Å². The van der Waals surface area contributed by atoms with Crippen LogP contribution in [0, 0.1) is 0 Å². The lowest BCUT2D eigenvalue weighted by molar-refractivity contribution is -0.124. The monoisotopic (exact) mass is 412 g/mol. The zero-order chi connectivity index (χ0) is 20.1. The zero-order valence-corrected chi connectivity index (χ0v) is 16.2. The number of hydrogen-bond donors (Lipinski definition) is 2. The topological polar surface area (TPSA) is 122 Å². The normalized spacial score (nSPS) is 20.2. The molecular weight excluding hydrogens is 388 g/mol. The second-order valence-corrected chi connectivity index (χ2v) is 8.74. The molecule has 2 N–H and O–H groups in total. The van der Waals surface area contributed by atoms with Gasteiger partial charge in [-0.25, -0.2) is 13.2 Å². The highest BCUT2D eigenvalue weighted by Gasteiger charge is 2.29. The fraction of sp³-hybridized carbons (Fsp3) is 0.556. The van der Waals surface area contributed by atoms with Gasteiger partial charge in [-0.3, -0.25) is 4.79 Å². The summed E-state index contributed by atoms with van der Waals surface area (Å²) in [5.41, 5.74) is -0.299. The summed E-state index contributed by atoms with van der Waals surface area (Å²) in [5.74, 6) is -1.88. The molecule has 2 aliphatic rings. The summed E-state index contributed by atoms with van der Waals surface area (Å²) >= 11 is 0. The van der Waals surface area contributed by atoms with Crippen LogP contribution in [0.1, 0.15) is 36.0 Å². The van der Waals surface area contributed by atoms with Crippen LogP contribution in [0.25, 0.3) is 0 Å². The highest BCUT2D eigenvalue weighted by molar-refractivity contribution is 7.89. The third-order valence-corrected chi connectivity index (χ3v) is 6.67. The van der Waals surface area contributed by atoms with E-state index in [1.165, 1.54) is 10.4 Å². The van der Waals surface area contributed by atoms with Crippen LogP contribution in [0.5, 0.6) is 5.75 Å². The van der Waals surface area contributed by atoms with E-state index in [-0.39, 0.29) is 16.6 Å². The maximum absolute atomic E-state index is 12.6. The summed E-state index contributed by atoms with van der Waals surface area (Å²) in [4.78, 5) is 24.0.